The molecule has 0 bridgehead atoms. The van der Waals surface area contributed by atoms with Gasteiger partial charge in [-0.15, -0.1) is 0 Å². The van der Waals surface area contributed by atoms with E-state index in [2.05, 4.69) is 0 Å². The zero-order valence-corrected chi connectivity index (χ0v) is 7.56. The van der Waals surface area contributed by atoms with Crippen LogP contribution in [0.4, 0.5) is 0 Å². The quantitative estimate of drug-likeness (QED) is 0.588. The summed E-state index contributed by atoms with van der Waals surface area (Å²) >= 11 is 0. The third-order valence-corrected chi connectivity index (χ3v) is 3.49. The number of halogens is 1. The van der Waals surface area contributed by atoms with Crippen molar-refractivity contribution in [3.63, 3.8) is 0 Å². The van der Waals surface area contributed by atoms with E-state index in [4.69, 9.17) is 20.2 Å². The molecule has 0 aromatic rings. The van der Waals surface area contributed by atoms with Gasteiger partial charge < -0.3 is 9.47 Å². The van der Waals surface area contributed by atoms with E-state index in [0.29, 0.717) is 6.61 Å². The molecule has 1 saturated heterocycles. The number of methoxy groups -OCH3 is 1. The first-order chi connectivity index (χ1) is 5.05. The van der Waals surface area contributed by atoms with Crippen molar-refractivity contribution in [1.29, 1.82) is 0 Å². The Labute approximate surface area is 69.9 Å². The minimum atomic E-state index is -3.54. The van der Waals surface area contributed by atoms with Gasteiger partial charge in [0, 0.05) is 17.8 Å². The Bertz CT molecular complexity index is 225. The molecule has 0 aromatic carbocycles. The van der Waals surface area contributed by atoms with E-state index in [1.165, 1.54) is 7.11 Å². The molecule has 0 aliphatic carbocycles. The third kappa shape index (κ3) is 2.05. The van der Waals surface area contributed by atoms with Crippen LogP contribution in [0.1, 0.15) is 0 Å². The molecular weight excluding hydrogens is 192 g/mol. The molecule has 11 heavy (non-hydrogen) atoms. The van der Waals surface area contributed by atoms with Crippen LogP contribution in [0.5, 0.6) is 0 Å². The molecule has 1 heterocycles. The number of hydrogen-bond acceptors (Lipinski definition) is 4. The lowest BCUT2D eigenvalue weighted by molar-refractivity contribution is 0.0830. The van der Waals surface area contributed by atoms with Crippen LogP contribution in [-0.4, -0.2) is 40.1 Å². The summed E-state index contributed by atoms with van der Waals surface area (Å²) in [4.78, 5) is 0. The highest BCUT2D eigenvalue weighted by molar-refractivity contribution is 8.14. The minimum Gasteiger partial charge on any atom is -0.378 e. The fourth-order valence-corrected chi connectivity index (χ4v) is 2.31. The van der Waals surface area contributed by atoms with Gasteiger partial charge in [0.15, 0.2) is 0 Å². The molecule has 4 nitrogen and oxygen atoms in total. The van der Waals surface area contributed by atoms with E-state index in [0.717, 1.165) is 0 Å². The number of ether oxygens (including phenoxy) is 2. The average molecular weight is 201 g/mol. The molecule has 0 spiro atoms. The van der Waals surface area contributed by atoms with Gasteiger partial charge in [-0.25, -0.2) is 8.42 Å². The van der Waals surface area contributed by atoms with Gasteiger partial charge in [0.1, 0.15) is 11.4 Å². The molecule has 0 amide bonds. The van der Waals surface area contributed by atoms with Crippen molar-refractivity contribution < 1.29 is 17.9 Å². The fourth-order valence-electron chi connectivity index (χ4n) is 0.997. The summed E-state index contributed by atoms with van der Waals surface area (Å²) in [6, 6.07) is 0. The molecular formula is C5H9ClO4S. The molecule has 0 unspecified atom stereocenters. The SMILES string of the molecule is CO[C@@H]1COC[C@@H]1S(=O)(=O)Cl. The Morgan fingerprint density at radius 3 is 2.55 bits per heavy atom. The molecule has 0 saturated carbocycles. The average Bonchev–Trinajstić information content (AvgIpc) is 2.31. The second kappa shape index (κ2) is 3.26. The zero-order chi connectivity index (χ0) is 8.48. The maximum Gasteiger partial charge on any atom is 0.240 e. The first-order valence-electron chi connectivity index (χ1n) is 3.09. The third-order valence-electron chi connectivity index (χ3n) is 1.64. The smallest absolute Gasteiger partial charge is 0.240 e. The molecule has 1 aliphatic rings. The highest BCUT2D eigenvalue weighted by atomic mass is 35.7. The highest BCUT2D eigenvalue weighted by Gasteiger charge is 2.37. The fraction of sp³-hybridized carbons (Fsp3) is 1.00. The van der Waals surface area contributed by atoms with E-state index in [1.54, 1.807) is 0 Å². The summed E-state index contributed by atoms with van der Waals surface area (Å²) in [5.41, 5.74) is 0. The highest BCUT2D eigenvalue weighted by Crippen LogP contribution is 2.19. The van der Waals surface area contributed by atoms with Gasteiger partial charge in [-0.1, -0.05) is 0 Å². The molecule has 1 aliphatic heterocycles. The second-order valence-corrected chi connectivity index (χ2v) is 5.17. The summed E-state index contributed by atoms with van der Waals surface area (Å²) in [5, 5.41) is -0.714. The molecule has 0 aromatic heterocycles. The minimum absolute atomic E-state index is 0.129. The molecule has 6 heteroatoms. The van der Waals surface area contributed by atoms with Crippen LogP contribution < -0.4 is 0 Å². The molecule has 2 atom stereocenters. The van der Waals surface area contributed by atoms with Gasteiger partial charge in [0.05, 0.1) is 13.2 Å². The predicted octanol–water partition coefficient (Wildman–Crippen LogP) is -0.0312. The van der Waals surface area contributed by atoms with Gasteiger partial charge in [-0.05, 0) is 0 Å². The van der Waals surface area contributed by atoms with Crippen molar-refractivity contribution in [3.05, 3.63) is 0 Å². The predicted molar refractivity (Wildman–Crippen MR) is 40.2 cm³/mol. The van der Waals surface area contributed by atoms with Crippen LogP contribution in [0, 0.1) is 0 Å². The van der Waals surface area contributed by atoms with Gasteiger partial charge in [0.25, 0.3) is 0 Å². The lowest BCUT2D eigenvalue weighted by Gasteiger charge is -2.11. The van der Waals surface area contributed by atoms with E-state index < -0.39 is 20.4 Å². The molecule has 1 fully saturated rings. The maximum absolute atomic E-state index is 10.8. The van der Waals surface area contributed by atoms with E-state index in [-0.39, 0.29) is 6.61 Å². The Hall–Kier alpha value is 0.160. The van der Waals surface area contributed by atoms with Crippen LogP contribution in [-0.2, 0) is 18.5 Å². The van der Waals surface area contributed by atoms with Crippen LogP contribution in [0.15, 0.2) is 0 Å². The van der Waals surface area contributed by atoms with E-state index >= 15 is 0 Å². The number of hydrogen-bond donors (Lipinski definition) is 0. The van der Waals surface area contributed by atoms with Crippen molar-refractivity contribution in [3.8, 4) is 0 Å². The van der Waals surface area contributed by atoms with Gasteiger partial charge in [-0.2, -0.15) is 0 Å². The summed E-state index contributed by atoms with van der Waals surface area (Å²) in [5.74, 6) is 0. The molecule has 0 radical (unpaired) electrons. The van der Waals surface area contributed by atoms with Crippen LogP contribution in [0.2, 0.25) is 0 Å². The molecule has 0 N–H and O–H groups in total. The largest absolute Gasteiger partial charge is 0.378 e. The van der Waals surface area contributed by atoms with E-state index in [9.17, 15) is 8.42 Å². The number of rotatable bonds is 2. The molecule has 66 valence electrons. The summed E-state index contributed by atoms with van der Waals surface area (Å²) in [6.07, 6.45) is -0.419. The first kappa shape index (κ1) is 9.25. The lowest BCUT2D eigenvalue weighted by atomic mass is 10.3. The van der Waals surface area contributed by atoms with Crippen LogP contribution in [0.3, 0.4) is 0 Å². The maximum atomic E-state index is 10.8. The van der Waals surface area contributed by atoms with E-state index in [1.807, 2.05) is 0 Å². The van der Waals surface area contributed by atoms with Gasteiger partial charge >= 0.3 is 0 Å². The van der Waals surface area contributed by atoms with Gasteiger partial charge in [-0.3, -0.25) is 0 Å². The monoisotopic (exact) mass is 200 g/mol. The summed E-state index contributed by atoms with van der Waals surface area (Å²) in [7, 11) is 3.02. The topological polar surface area (TPSA) is 52.6 Å². The van der Waals surface area contributed by atoms with Crippen LogP contribution >= 0.6 is 10.7 Å². The van der Waals surface area contributed by atoms with Crippen molar-refractivity contribution in [2.45, 2.75) is 11.4 Å². The Morgan fingerprint density at radius 2 is 2.18 bits per heavy atom. The zero-order valence-electron chi connectivity index (χ0n) is 5.99. The standard InChI is InChI=1S/C5H9ClO4S/c1-9-4-2-10-3-5(4)11(6,7)8/h4-5H,2-3H2,1H3/t4-,5+/m1/s1. The van der Waals surface area contributed by atoms with Crippen molar-refractivity contribution in [2.75, 3.05) is 20.3 Å². The lowest BCUT2D eigenvalue weighted by Crippen LogP contribution is -2.31. The molecule has 1 rings (SSSR count). The van der Waals surface area contributed by atoms with Crippen molar-refractivity contribution in [2.24, 2.45) is 0 Å². The Morgan fingerprint density at radius 1 is 1.55 bits per heavy atom. The first-order valence-corrected chi connectivity index (χ1v) is 5.47. The van der Waals surface area contributed by atoms with Crippen molar-refractivity contribution >= 4 is 19.7 Å². The van der Waals surface area contributed by atoms with Crippen molar-refractivity contribution in [1.82, 2.24) is 0 Å². The normalized spacial score (nSPS) is 32.5. The Balaban J connectivity index is 2.72. The summed E-state index contributed by atoms with van der Waals surface area (Å²) in [6.45, 7) is 0.428. The van der Waals surface area contributed by atoms with Gasteiger partial charge in [0.2, 0.25) is 9.05 Å². The second-order valence-electron chi connectivity index (χ2n) is 2.33. The van der Waals surface area contributed by atoms with Crippen LogP contribution in [0.25, 0.3) is 0 Å². The summed E-state index contributed by atoms with van der Waals surface area (Å²) < 4.78 is 31.4. The Kier molecular flexibility index (Phi) is 2.74.